The normalized spacial score (nSPS) is 11.1. The van der Waals surface area contributed by atoms with E-state index in [2.05, 4.69) is 10.0 Å². The van der Waals surface area contributed by atoms with Crippen molar-refractivity contribution in [1.82, 2.24) is 0 Å². The number of amides is 1. The molecule has 0 fully saturated rings. The molecule has 0 aliphatic heterocycles. The fourth-order valence-electron chi connectivity index (χ4n) is 2.82. The first-order chi connectivity index (χ1) is 14.6. The highest BCUT2D eigenvalue weighted by Crippen LogP contribution is 2.27. The zero-order chi connectivity index (χ0) is 22.8. The van der Waals surface area contributed by atoms with E-state index in [1.807, 2.05) is 0 Å². The van der Waals surface area contributed by atoms with Crippen LogP contribution in [0.5, 0.6) is 0 Å². The topological polar surface area (TPSA) is 78.5 Å². The second-order valence-corrected chi connectivity index (χ2v) is 8.84. The third-order valence-corrected chi connectivity index (χ3v) is 5.94. The molecule has 0 aliphatic carbocycles. The summed E-state index contributed by atoms with van der Waals surface area (Å²) in [6.07, 6.45) is 0. The molecule has 0 saturated carbocycles. The van der Waals surface area contributed by atoms with Crippen LogP contribution in [0.15, 0.2) is 65.6 Å². The van der Waals surface area contributed by atoms with Gasteiger partial charge in [0, 0.05) is 25.3 Å². The van der Waals surface area contributed by atoms with Crippen LogP contribution in [-0.2, 0) is 10.0 Å². The van der Waals surface area contributed by atoms with E-state index >= 15 is 0 Å². The smallest absolute Gasteiger partial charge is 0.261 e. The third-order valence-electron chi connectivity index (χ3n) is 4.25. The lowest BCUT2D eigenvalue weighted by Crippen LogP contribution is -2.17. The minimum atomic E-state index is -4.03. The van der Waals surface area contributed by atoms with Crippen molar-refractivity contribution in [3.8, 4) is 0 Å². The van der Waals surface area contributed by atoms with Crippen LogP contribution in [0, 0.1) is 11.6 Å². The lowest BCUT2D eigenvalue weighted by molar-refractivity contribution is 0.102. The largest absolute Gasteiger partial charge is 0.373 e. The number of sulfonamides is 1. The fourth-order valence-corrected chi connectivity index (χ4v) is 4.18. The van der Waals surface area contributed by atoms with Gasteiger partial charge in [-0.1, -0.05) is 29.8 Å². The summed E-state index contributed by atoms with van der Waals surface area (Å²) in [6, 6.07) is 13.5. The lowest BCUT2D eigenvalue weighted by Gasteiger charge is -2.16. The minimum Gasteiger partial charge on any atom is -0.373 e. The molecule has 31 heavy (non-hydrogen) atoms. The Labute approximate surface area is 183 Å². The minimum absolute atomic E-state index is 0.0143. The number of rotatable bonds is 6. The summed E-state index contributed by atoms with van der Waals surface area (Å²) in [5.74, 6) is -2.42. The van der Waals surface area contributed by atoms with Crippen LogP contribution in [-0.4, -0.2) is 28.4 Å². The molecule has 0 aliphatic rings. The fraction of sp³-hybridized carbons (Fsp3) is 0.0952. The number of para-hydroxylation sites is 1. The van der Waals surface area contributed by atoms with Gasteiger partial charge in [0.05, 0.1) is 15.6 Å². The molecule has 0 bridgehead atoms. The maximum absolute atomic E-state index is 14.1. The van der Waals surface area contributed by atoms with E-state index in [1.54, 1.807) is 12.1 Å². The Morgan fingerprint density at radius 1 is 0.968 bits per heavy atom. The highest BCUT2D eigenvalue weighted by atomic mass is 35.5. The molecule has 10 heteroatoms. The Bertz CT molecular complexity index is 1230. The van der Waals surface area contributed by atoms with Gasteiger partial charge in [-0.05, 0) is 42.5 Å². The predicted octanol–water partition coefficient (Wildman–Crippen LogP) is 4.74. The number of carbonyl (C=O) groups excluding carboxylic acids is 1. The van der Waals surface area contributed by atoms with Crippen molar-refractivity contribution in [3.05, 3.63) is 82.9 Å². The van der Waals surface area contributed by atoms with Crippen LogP contribution >= 0.6 is 11.6 Å². The Hall–Kier alpha value is -3.17. The first-order valence-electron chi connectivity index (χ1n) is 8.93. The molecule has 2 N–H and O–H groups in total. The molecule has 0 atom stereocenters. The number of halogens is 3. The van der Waals surface area contributed by atoms with Crippen LogP contribution in [0.4, 0.5) is 25.8 Å². The van der Waals surface area contributed by atoms with Gasteiger partial charge in [0.15, 0.2) is 11.6 Å². The Kier molecular flexibility index (Phi) is 6.47. The Morgan fingerprint density at radius 3 is 2.23 bits per heavy atom. The first-order valence-corrected chi connectivity index (χ1v) is 10.8. The Balaban J connectivity index is 1.84. The van der Waals surface area contributed by atoms with Crippen LogP contribution < -0.4 is 14.9 Å². The van der Waals surface area contributed by atoms with Gasteiger partial charge in [-0.15, -0.1) is 0 Å². The van der Waals surface area contributed by atoms with Gasteiger partial charge < -0.3 is 10.2 Å². The number of nitrogens with zero attached hydrogens (tertiary/aromatic N) is 1. The molecule has 0 saturated heterocycles. The molecule has 3 rings (SSSR count). The summed E-state index contributed by atoms with van der Waals surface area (Å²) >= 11 is 5.99. The van der Waals surface area contributed by atoms with Crippen molar-refractivity contribution in [2.45, 2.75) is 4.90 Å². The molecule has 162 valence electrons. The van der Waals surface area contributed by atoms with Gasteiger partial charge in [0.2, 0.25) is 0 Å². The standard InChI is InChI=1S/C21H18ClF2N3O3S/c1-27(2)20-17(23)11-14(12-18(20)24)25-21(28)13-6-5-7-15(10-13)31(29,30)26-19-9-4-3-8-16(19)22/h3-12,26H,1-2H3,(H,25,28). The summed E-state index contributed by atoms with van der Waals surface area (Å²) in [6.45, 7) is 0. The highest BCUT2D eigenvalue weighted by Gasteiger charge is 2.19. The van der Waals surface area contributed by atoms with Crippen molar-refractivity contribution in [2.24, 2.45) is 0 Å². The number of carbonyl (C=O) groups is 1. The predicted molar refractivity (Wildman–Crippen MR) is 117 cm³/mol. The lowest BCUT2D eigenvalue weighted by atomic mass is 10.2. The van der Waals surface area contributed by atoms with Crippen molar-refractivity contribution >= 4 is 44.6 Å². The molecule has 1 amide bonds. The quantitative estimate of drug-likeness (QED) is 0.551. The number of hydrogen-bond acceptors (Lipinski definition) is 4. The van der Waals surface area contributed by atoms with Gasteiger partial charge in [0.25, 0.3) is 15.9 Å². The monoisotopic (exact) mass is 465 g/mol. The zero-order valence-corrected chi connectivity index (χ0v) is 18.1. The molecule has 0 aromatic heterocycles. The zero-order valence-electron chi connectivity index (χ0n) is 16.5. The van der Waals surface area contributed by atoms with E-state index < -0.39 is 27.6 Å². The highest BCUT2D eigenvalue weighted by molar-refractivity contribution is 7.92. The average Bonchev–Trinajstić information content (AvgIpc) is 2.69. The van der Waals surface area contributed by atoms with Gasteiger partial charge >= 0.3 is 0 Å². The van der Waals surface area contributed by atoms with Crippen LogP contribution in [0.2, 0.25) is 5.02 Å². The van der Waals surface area contributed by atoms with E-state index in [1.165, 1.54) is 49.3 Å². The van der Waals surface area contributed by atoms with Gasteiger partial charge in [-0.2, -0.15) is 0 Å². The van der Waals surface area contributed by atoms with Crippen molar-refractivity contribution in [1.29, 1.82) is 0 Å². The van der Waals surface area contributed by atoms with Gasteiger partial charge in [0.1, 0.15) is 5.69 Å². The summed E-state index contributed by atoms with van der Waals surface area (Å²) in [5.41, 5.74) is -0.171. The number of benzene rings is 3. The van der Waals surface area contributed by atoms with Crippen molar-refractivity contribution in [2.75, 3.05) is 29.0 Å². The molecule has 0 spiro atoms. The molecule has 0 heterocycles. The van der Waals surface area contributed by atoms with Crippen LogP contribution in [0.1, 0.15) is 10.4 Å². The molecular weight excluding hydrogens is 448 g/mol. The second kappa shape index (κ2) is 8.91. The second-order valence-electron chi connectivity index (χ2n) is 6.75. The molecular formula is C21H18ClF2N3O3S. The molecule has 3 aromatic carbocycles. The average molecular weight is 466 g/mol. The summed E-state index contributed by atoms with van der Waals surface area (Å²) < 4.78 is 56.0. The molecule has 3 aromatic rings. The van der Waals surface area contributed by atoms with Crippen LogP contribution in [0.25, 0.3) is 0 Å². The first kappa shape index (κ1) is 22.5. The Morgan fingerprint density at radius 2 is 1.61 bits per heavy atom. The molecule has 0 radical (unpaired) electrons. The van der Waals surface area contributed by atoms with E-state index in [9.17, 15) is 22.0 Å². The van der Waals surface area contributed by atoms with Gasteiger partial charge in [-0.25, -0.2) is 17.2 Å². The summed E-state index contributed by atoms with van der Waals surface area (Å²) in [4.78, 5) is 13.6. The molecule has 6 nitrogen and oxygen atoms in total. The van der Waals surface area contributed by atoms with Gasteiger partial charge in [-0.3, -0.25) is 9.52 Å². The van der Waals surface area contributed by atoms with Crippen molar-refractivity contribution in [3.63, 3.8) is 0 Å². The maximum atomic E-state index is 14.1. The SMILES string of the molecule is CN(C)c1c(F)cc(NC(=O)c2cccc(S(=O)(=O)Nc3ccccc3Cl)c2)cc1F. The van der Waals surface area contributed by atoms with Crippen molar-refractivity contribution < 1.29 is 22.0 Å². The van der Waals surface area contributed by atoms with E-state index in [-0.39, 0.29) is 32.5 Å². The number of nitrogens with one attached hydrogen (secondary N) is 2. The molecule has 0 unspecified atom stereocenters. The maximum Gasteiger partial charge on any atom is 0.261 e. The van der Waals surface area contributed by atoms with E-state index in [4.69, 9.17) is 11.6 Å². The van der Waals surface area contributed by atoms with E-state index in [0.717, 1.165) is 18.2 Å². The van der Waals surface area contributed by atoms with E-state index in [0.29, 0.717) is 0 Å². The third kappa shape index (κ3) is 5.12. The summed E-state index contributed by atoms with van der Waals surface area (Å²) in [7, 11) is -1.06. The number of anilines is 3. The number of hydrogen-bond donors (Lipinski definition) is 2. The summed E-state index contributed by atoms with van der Waals surface area (Å²) in [5, 5.41) is 2.58. The van der Waals surface area contributed by atoms with Crippen LogP contribution in [0.3, 0.4) is 0 Å².